The first-order valence-electron chi connectivity index (χ1n) is 6.44. The number of ether oxygens (including phenoxy) is 2. The van der Waals surface area contributed by atoms with Crippen molar-refractivity contribution < 1.29 is 14.3 Å². The van der Waals surface area contributed by atoms with Gasteiger partial charge < -0.3 is 9.47 Å². The predicted octanol–water partition coefficient (Wildman–Crippen LogP) is 3.39. The fraction of sp³-hybridized carbons (Fsp3) is 0.188. The van der Waals surface area contributed by atoms with E-state index in [-0.39, 0.29) is 12.1 Å². The molecule has 1 aliphatic rings. The summed E-state index contributed by atoms with van der Waals surface area (Å²) >= 11 is 0. The second-order valence-electron chi connectivity index (χ2n) is 4.57. The highest BCUT2D eigenvalue weighted by molar-refractivity contribution is 5.90. The molecule has 0 aliphatic carbocycles. The molecule has 4 nitrogen and oxygen atoms in total. The van der Waals surface area contributed by atoms with Crippen LogP contribution in [0.1, 0.15) is 11.6 Å². The summed E-state index contributed by atoms with van der Waals surface area (Å²) in [7, 11) is 1.62. The van der Waals surface area contributed by atoms with Crippen molar-refractivity contribution in [2.75, 3.05) is 18.6 Å². The first-order chi connectivity index (χ1) is 9.79. The van der Waals surface area contributed by atoms with Crippen molar-refractivity contribution in [2.45, 2.75) is 6.04 Å². The largest absolute Gasteiger partial charge is 0.497 e. The second-order valence-corrected chi connectivity index (χ2v) is 4.57. The summed E-state index contributed by atoms with van der Waals surface area (Å²) in [5.74, 6) is 0.762. The number of cyclic esters (lactones) is 1. The van der Waals surface area contributed by atoms with Gasteiger partial charge >= 0.3 is 6.09 Å². The standard InChI is InChI=1S/C16H15NO3/c1-19-14-9-7-13(8-10-14)17-15(11-20-16(17)18)12-5-3-2-4-6-12/h2-10,15H,11H2,1H3/t15-/m0/s1. The summed E-state index contributed by atoms with van der Waals surface area (Å²) < 4.78 is 10.3. The van der Waals surface area contributed by atoms with Crippen LogP contribution in [0.25, 0.3) is 0 Å². The molecule has 1 fully saturated rings. The topological polar surface area (TPSA) is 38.8 Å². The van der Waals surface area contributed by atoms with E-state index in [1.54, 1.807) is 12.0 Å². The van der Waals surface area contributed by atoms with Crippen molar-refractivity contribution in [3.63, 3.8) is 0 Å². The number of methoxy groups -OCH3 is 1. The van der Waals surface area contributed by atoms with Crippen LogP contribution in [0.4, 0.5) is 10.5 Å². The van der Waals surface area contributed by atoms with Crippen molar-refractivity contribution in [3.05, 3.63) is 60.2 Å². The molecule has 0 spiro atoms. The van der Waals surface area contributed by atoms with Crippen molar-refractivity contribution in [1.29, 1.82) is 0 Å². The van der Waals surface area contributed by atoms with Gasteiger partial charge in [-0.15, -0.1) is 0 Å². The molecule has 0 radical (unpaired) electrons. The van der Waals surface area contributed by atoms with E-state index in [0.29, 0.717) is 6.61 Å². The minimum absolute atomic E-state index is 0.0860. The maximum Gasteiger partial charge on any atom is 0.415 e. The van der Waals surface area contributed by atoms with Crippen LogP contribution < -0.4 is 9.64 Å². The number of hydrogen-bond donors (Lipinski definition) is 0. The number of carbonyl (C=O) groups is 1. The zero-order valence-electron chi connectivity index (χ0n) is 11.2. The van der Waals surface area contributed by atoms with Gasteiger partial charge in [-0.1, -0.05) is 30.3 Å². The quantitative estimate of drug-likeness (QED) is 0.857. The minimum Gasteiger partial charge on any atom is -0.497 e. The van der Waals surface area contributed by atoms with E-state index in [9.17, 15) is 4.79 Å². The lowest BCUT2D eigenvalue weighted by Crippen LogP contribution is -2.27. The van der Waals surface area contributed by atoms with E-state index in [1.807, 2.05) is 54.6 Å². The molecule has 1 amide bonds. The van der Waals surface area contributed by atoms with Gasteiger partial charge in [-0.3, -0.25) is 4.90 Å². The fourth-order valence-corrected chi connectivity index (χ4v) is 2.37. The fourth-order valence-electron chi connectivity index (χ4n) is 2.37. The normalized spacial score (nSPS) is 17.9. The highest BCUT2D eigenvalue weighted by Gasteiger charge is 2.35. The highest BCUT2D eigenvalue weighted by Crippen LogP contribution is 2.33. The number of carbonyl (C=O) groups excluding carboxylic acids is 1. The maximum absolute atomic E-state index is 12.0. The molecule has 1 saturated heterocycles. The molecule has 1 aliphatic heterocycles. The average molecular weight is 269 g/mol. The molecular formula is C16H15NO3. The van der Waals surface area contributed by atoms with Gasteiger partial charge in [0.05, 0.1) is 13.2 Å². The van der Waals surface area contributed by atoms with Gasteiger partial charge in [-0.05, 0) is 29.8 Å². The lowest BCUT2D eigenvalue weighted by molar-refractivity contribution is 0.179. The van der Waals surface area contributed by atoms with E-state index >= 15 is 0 Å². The molecule has 3 rings (SSSR count). The Balaban J connectivity index is 1.94. The molecule has 0 saturated carbocycles. The molecule has 4 heteroatoms. The number of hydrogen-bond acceptors (Lipinski definition) is 3. The summed E-state index contributed by atoms with van der Waals surface area (Å²) in [6, 6.07) is 17.2. The van der Waals surface area contributed by atoms with Gasteiger partial charge in [-0.25, -0.2) is 4.79 Å². The molecule has 2 aromatic carbocycles. The van der Waals surface area contributed by atoms with Crippen molar-refractivity contribution in [1.82, 2.24) is 0 Å². The molecule has 1 heterocycles. The number of benzene rings is 2. The Labute approximate surface area is 117 Å². The Morgan fingerprint density at radius 2 is 1.80 bits per heavy atom. The average Bonchev–Trinajstić information content (AvgIpc) is 2.90. The monoisotopic (exact) mass is 269 g/mol. The van der Waals surface area contributed by atoms with Crippen LogP contribution in [0.2, 0.25) is 0 Å². The molecule has 2 aromatic rings. The van der Waals surface area contributed by atoms with Gasteiger partial charge in [0.15, 0.2) is 0 Å². The van der Waals surface area contributed by atoms with E-state index < -0.39 is 0 Å². The van der Waals surface area contributed by atoms with Crippen molar-refractivity contribution >= 4 is 11.8 Å². The van der Waals surface area contributed by atoms with Crippen LogP contribution in [0.5, 0.6) is 5.75 Å². The van der Waals surface area contributed by atoms with Gasteiger partial charge in [0.2, 0.25) is 0 Å². The third-order valence-electron chi connectivity index (χ3n) is 3.41. The van der Waals surface area contributed by atoms with Crippen molar-refractivity contribution in [2.24, 2.45) is 0 Å². The van der Waals surface area contributed by atoms with E-state index in [0.717, 1.165) is 17.0 Å². The number of anilines is 1. The Hall–Kier alpha value is -2.49. The zero-order chi connectivity index (χ0) is 13.9. The third kappa shape index (κ3) is 2.20. The Morgan fingerprint density at radius 1 is 1.10 bits per heavy atom. The summed E-state index contributed by atoms with van der Waals surface area (Å²) in [5.41, 5.74) is 1.87. The summed E-state index contributed by atoms with van der Waals surface area (Å²) in [4.78, 5) is 13.7. The van der Waals surface area contributed by atoms with E-state index in [4.69, 9.17) is 9.47 Å². The molecule has 0 bridgehead atoms. The van der Waals surface area contributed by atoms with Crippen LogP contribution in [-0.4, -0.2) is 19.8 Å². The first kappa shape index (κ1) is 12.5. The van der Waals surface area contributed by atoms with E-state index in [1.165, 1.54) is 0 Å². The summed E-state index contributed by atoms with van der Waals surface area (Å²) in [6.07, 6.45) is -0.316. The third-order valence-corrected chi connectivity index (χ3v) is 3.41. The Morgan fingerprint density at radius 3 is 2.45 bits per heavy atom. The highest BCUT2D eigenvalue weighted by atomic mass is 16.6. The Kier molecular flexibility index (Phi) is 3.29. The van der Waals surface area contributed by atoms with Crippen LogP contribution in [0, 0.1) is 0 Å². The molecule has 0 unspecified atom stereocenters. The molecule has 102 valence electrons. The summed E-state index contributed by atoms with van der Waals surface area (Å²) in [6.45, 7) is 0.370. The van der Waals surface area contributed by atoms with E-state index in [2.05, 4.69) is 0 Å². The van der Waals surface area contributed by atoms with Crippen LogP contribution in [0.15, 0.2) is 54.6 Å². The van der Waals surface area contributed by atoms with Gasteiger partial charge in [0.1, 0.15) is 12.4 Å². The zero-order valence-corrected chi connectivity index (χ0v) is 11.2. The summed E-state index contributed by atoms with van der Waals surface area (Å²) in [5, 5.41) is 0. The second kappa shape index (κ2) is 5.25. The van der Waals surface area contributed by atoms with Gasteiger partial charge in [0.25, 0.3) is 0 Å². The van der Waals surface area contributed by atoms with Crippen molar-refractivity contribution in [3.8, 4) is 5.75 Å². The molecule has 20 heavy (non-hydrogen) atoms. The van der Waals surface area contributed by atoms with Gasteiger partial charge in [-0.2, -0.15) is 0 Å². The predicted molar refractivity (Wildman–Crippen MR) is 76.0 cm³/mol. The van der Waals surface area contributed by atoms with Crippen LogP contribution in [0.3, 0.4) is 0 Å². The smallest absolute Gasteiger partial charge is 0.415 e. The van der Waals surface area contributed by atoms with Crippen LogP contribution in [-0.2, 0) is 4.74 Å². The van der Waals surface area contributed by atoms with Gasteiger partial charge in [0, 0.05) is 5.69 Å². The number of nitrogens with zero attached hydrogens (tertiary/aromatic N) is 1. The Bertz CT molecular complexity index is 595. The first-order valence-corrected chi connectivity index (χ1v) is 6.44. The maximum atomic E-state index is 12.0. The minimum atomic E-state index is -0.316. The van der Waals surface area contributed by atoms with Crippen LogP contribution >= 0.6 is 0 Å². The molecule has 0 aromatic heterocycles. The molecular weight excluding hydrogens is 254 g/mol. The lowest BCUT2D eigenvalue weighted by Gasteiger charge is -2.21. The SMILES string of the molecule is COc1ccc(N2C(=O)OC[C@H]2c2ccccc2)cc1. The molecule has 0 N–H and O–H groups in total. The number of amides is 1. The number of rotatable bonds is 3. The lowest BCUT2D eigenvalue weighted by atomic mass is 10.1. The molecule has 1 atom stereocenters.